The number of carbonyl (C=O) groups is 1. The highest BCUT2D eigenvalue weighted by Crippen LogP contribution is 2.23. The largest absolute Gasteiger partial charge is 0.497 e. The molecule has 1 aromatic heterocycles. The number of oxazole rings is 1. The average molecular weight is 315 g/mol. The molecule has 0 spiro atoms. The maximum Gasteiger partial charge on any atom is 0.223 e. The number of aryl methyl sites for hydroxylation is 1. The number of nitrogens with two attached hydrogens (primary N) is 1. The Morgan fingerprint density at radius 1 is 1.43 bits per heavy atom. The molecule has 2 heterocycles. The van der Waals surface area contributed by atoms with Crippen molar-refractivity contribution < 1.29 is 13.9 Å². The highest BCUT2D eigenvalue weighted by molar-refractivity contribution is 5.76. The van der Waals surface area contributed by atoms with E-state index in [4.69, 9.17) is 14.9 Å². The molecule has 1 aliphatic heterocycles. The van der Waals surface area contributed by atoms with E-state index in [9.17, 15) is 4.79 Å². The third-order valence-corrected chi connectivity index (χ3v) is 4.06. The van der Waals surface area contributed by atoms with Crippen molar-refractivity contribution in [3.63, 3.8) is 0 Å². The lowest BCUT2D eigenvalue weighted by Gasteiger charge is -2.14. The number of hydrogen-bond donors (Lipinski definition) is 1. The third kappa shape index (κ3) is 3.71. The summed E-state index contributed by atoms with van der Waals surface area (Å²) in [5.74, 6) is 2.18. The molecule has 0 saturated carbocycles. The van der Waals surface area contributed by atoms with E-state index in [0.29, 0.717) is 31.0 Å². The van der Waals surface area contributed by atoms with E-state index >= 15 is 0 Å². The van der Waals surface area contributed by atoms with E-state index in [2.05, 4.69) is 4.98 Å². The molecular weight excluding hydrogens is 294 g/mol. The first-order valence-electron chi connectivity index (χ1n) is 7.78. The standard InChI is InChI=1S/C17H21N3O3/c1-22-14-4-2-12(3-5-14)15-10-19-16(23-15)6-7-17(21)20-9-8-13(18)11-20/h2-5,10,13H,6-9,11,18H2,1H3. The number of aromatic nitrogens is 1. The lowest BCUT2D eigenvalue weighted by Crippen LogP contribution is -2.31. The monoisotopic (exact) mass is 315 g/mol. The second-order valence-corrected chi connectivity index (χ2v) is 5.74. The molecule has 23 heavy (non-hydrogen) atoms. The fraction of sp³-hybridized carbons (Fsp3) is 0.412. The molecule has 6 heteroatoms. The van der Waals surface area contributed by atoms with E-state index < -0.39 is 0 Å². The topological polar surface area (TPSA) is 81.6 Å². The molecule has 0 bridgehead atoms. The van der Waals surface area contributed by atoms with E-state index in [-0.39, 0.29) is 11.9 Å². The second-order valence-electron chi connectivity index (χ2n) is 5.74. The van der Waals surface area contributed by atoms with Gasteiger partial charge in [-0.1, -0.05) is 0 Å². The fourth-order valence-corrected chi connectivity index (χ4v) is 2.70. The molecule has 1 atom stereocenters. The number of methoxy groups -OCH3 is 1. The Labute approximate surface area is 135 Å². The summed E-state index contributed by atoms with van der Waals surface area (Å²) in [5.41, 5.74) is 6.76. The SMILES string of the molecule is COc1ccc(-c2cnc(CCC(=O)N3CCC(N)C3)o2)cc1. The first kappa shape index (κ1) is 15.6. The Balaban J connectivity index is 1.57. The molecule has 0 aliphatic carbocycles. The van der Waals surface area contributed by atoms with Gasteiger partial charge in [0, 0.05) is 37.5 Å². The van der Waals surface area contributed by atoms with E-state index in [1.807, 2.05) is 29.2 Å². The van der Waals surface area contributed by atoms with Crippen LogP contribution in [0.15, 0.2) is 34.9 Å². The number of nitrogens with zero attached hydrogens (tertiary/aromatic N) is 2. The molecule has 0 radical (unpaired) electrons. The van der Waals surface area contributed by atoms with Gasteiger partial charge in [0.05, 0.1) is 13.3 Å². The summed E-state index contributed by atoms with van der Waals surface area (Å²) in [6.07, 6.45) is 3.47. The van der Waals surface area contributed by atoms with Gasteiger partial charge in [0.2, 0.25) is 5.91 Å². The summed E-state index contributed by atoms with van der Waals surface area (Å²) in [6, 6.07) is 7.69. The lowest BCUT2D eigenvalue weighted by molar-refractivity contribution is -0.130. The molecule has 1 fully saturated rings. The molecule has 1 aromatic carbocycles. The van der Waals surface area contributed by atoms with Crippen LogP contribution in [0.2, 0.25) is 0 Å². The number of benzene rings is 1. The number of amides is 1. The zero-order valence-electron chi connectivity index (χ0n) is 13.2. The van der Waals surface area contributed by atoms with Gasteiger partial charge in [0.25, 0.3) is 0 Å². The first-order chi connectivity index (χ1) is 11.2. The van der Waals surface area contributed by atoms with Crippen molar-refractivity contribution in [2.45, 2.75) is 25.3 Å². The highest BCUT2D eigenvalue weighted by Gasteiger charge is 2.23. The van der Waals surface area contributed by atoms with Crippen molar-refractivity contribution in [1.82, 2.24) is 9.88 Å². The van der Waals surface area contributed by atoms with Crippen molar-refractivity contribution in [2.75, 3.05) is 20.2 Å². The third-order valence-electron chi connectivity index (χ3n) is 4.06. The van der Waals surface area contributed by atoms with Gasteiger partial charge < -0.3 is 19.8 Å². The van der Waals surface area contributed by atoms with Crippen LogP contribution < -0.4 is 10.5 Å². The molecule has 1 unspecified atom stereocenters. The summed E-state index contributed by atoms with van der Waals surface area (Å²) >= 11 is 0. The van der Waals surface area contributed by atoms with Gasteiger partial charge >= 0.3 is 0 Å². The smallest absolute Gasteiger partial charge is 0.223 e. The van der Waals surface area contributed by atoms with Crippen LogP contribution in [0.1, 0.15) is 18.7 Å². The van der Waals surface area contributed by atoms with Crippen molar-refractivity contribution in [3.05, 3.63) is 36.4 Å². The van der Waals surface area contributed by atoms with Gasteiger partial charge in [-0.25, -0.2) is 4.98 Å². The van der Waals surface area contributed by atoms with Gasteiger partial charge in [-0.2, -0.15) is 0 Å². The van der Waals surface area contributed by atoms with Crippen molar-refractivity contribution in [1.29, 1.82) is 0 Å². The first-order valence-corrected chi connectivity index (χ1v) is 7.78. The summed E-state index contributed by atoms with van der Waals surface area (Å²) in [6.45, 7) is 1.41. The molecule has 1 saturated heterocycles. The van der Waals surface area contributed by atoms with Crippen LogP contribution in [0, 0.1) is 0 Å². The molecule has 2 aromatic rings. The fourth-order valence-electron chi connectivity index (χ4n) is 2.70. The average Bonchev–Trinajstić information content (AvgIpc) is 3.22. The number of hydrogen-bond acceptors (Lipinski definition) is 5. The molecule has 6 nitrogen and oxygen atoms in total. The molecule has 3 rings (SSSR count). The van der Waals surface area contributed by atoms with Crippen molar-refractivity contribution in [2.24, 2.45) is 5.73 Å². The minimum atomic E-state index is 0.113. The molecule has 2 N–H and O–H groups in total. The van der Waals surface area contributed by atoms with E-state index in [1.54, 1.807) is 13.3 Å². The normalized spacial score (nSPS) is 17.5. The predicted octanol–water partition coefficient (Wildman–Crippen LogP) is 1.84. The Morgan fingerprint density at radius 3 is 2.87 bits per heavy atom. The zero-order valence-corrected chi connectivity index (χ0v) is 13.2. The van der Waals surface area contributed by atoms with Crippen LogP contribution in [-0.2, 0) is 11.2 Å². The Morgan fingerprint density at radius 2 is 2.22 bits per heavy atom. The number of carbonyl (C=O) groups excluding carboxylic acids is 1. The summed E-state index contributed by atoms with van der Waals surface area (Å²) in [7, 11) is 1.63. The van der Waals surface area contributed by atoms with E-state index in [0.717, 1.165) is 24.3 Å². The maximum absolute atomic E-state index is 12.1. The number of likely N-dealkylation sites (tertiary alicyclic amines) is 1. The van der Waals surface area contributed by atoms with Gasteiger partial charge in [0.15, 0.2) is 11.7 Å². The number of ether oxygens (including phenoxy) is 1. The molecule has 1 amide bonds. The predicted molar refractivity (Wildman–Crippen MR) is 86.0 cm³/mol. The Bertz CT molecular complexity index is 666. The Hall–Kier alpha value is -2.34. The quantitative estimate of drug-likeness (QED) is 0.910. The summed E-state index contributed by atoms with van der Waals surface area (Å²) in [5, 5.41) is 0. The van der Waals surface area contributed by atoms with Crippen LogP contribution in [0.3, 0.4) is 0 Å². The maximum atomic E-state index is 12.1. The summed E-state index contributed by atoms with van der Waals surface area (Å²) in [4.78, 5) is 18.2. The van der Waals surface area contributed by atoms with Crippen LogP contribution in [0.4, 0.5) is 0 Å². The van der Waals surface area contributed by atoms with Crippen LogP contribution >= 0.6 is 0 Å². The molecule has 1 aliphatic rings. The van der Waals surface area contributed by atoms with Gasteiger partial charge in [-0.15, -0.1) is 0 Å². The Kier molecular flexibility index (Phi) is 4.62. The summed E-state index contributed by atoms with van der Waals surface area (Å²) < 4.78 is 10.9. The molecule has 122 valence electrons. The minimum Gasteiger partial charge on any atom is -0.497 e. The van der Waals surface area contributed by atoms with Crippen molar-refractivity contribution >= 4 is 5.91 Å². The van der Waals surface area contributed by atoms with Gasteiger partial charge in [-0.05, 0) is 30.7 Å². The van der Waals surface area contributed by atoms with Gasteiger partial charge in [-0.3, -0.25) is 4.79 Å². The lowest BCUT2D eigenvalue weighted by atomic mass is 10.2. The molecular formula is C17H21N3O3. The van der Waals surface area contributed by atoms with Crippen LogP contribution in [-0.4, -0.2) is 42.0 Å². The number of rotatable bonds is 5. The highest BCUT2D eigenvalue weighted by atomic mass is 16.5. The zero-order chi connectivity index (χ0) is 16.2. The van der Waals surface area contributed by atoms with Crippen LogP contribution in [0.5, 0.6) is 5.75 Å². The van der Waals surface area contributed by atoms with Gasteiger partial charge in [0.1, 0.15) is 5.75 Å². The van der Waals surface area contributed by atoms with Crippen LogP contribution in [0.25, 0.3) is 11.3 Å². The van der Waals surface area contributed by atoms with E-state index in [1.165, 1.54) is 0 Å². The van der Waals surface area contributed by atoms with Crippen molar-refractivity contribution in [3.8, 4) is 17.1 Å². The second kappa shape index (κ2) is 6.83. The minimum absolute atomic E-state index is 0.113.